The number of nitrogens with zero attached hydrogens (tertiary/aromatic N) is 1. The molecule has 2 aromatic carbocycles. The Morgan fingerprint density at radius 3 is 2.56 bits per heavy atom. The zero-order valence-corrected chi connectivity index (χ0v) is 15.9. The second-order valence-electron chi connectivity index (χ2n) is 6.07. The van der Waals surface area contributed by atoms with Gasteiger partial charge in [0.25, 0.3) is 5.91 Å². The predicted octanol–water partition coefficient (Wildman–Crippen LogP) is 3.18. The molecule has 2 N–H and O–H groups in total. The number of nitrogens with one attached hydrogen (secondary N) is 2. The summed E-state index contributed by atoms with van der Waals surface area (Å²) >= 11 is 0. The number of amides is 1. The molecule has 0 aliphatic heterocycles. The second kappa shape index (κ2) is 7.24. The summed E-state index contributed by atoms with van der Waals surface area (Å²) in [7, 11) is -2.02. The summed E-state index contributed by atoms with van der Waals surface area (Å²) in [5.74, 6) is 0.0107. The zero-order valence-electron chi connectivity index (χ0n) is 15.1. The van der Waals surface area contributed by atoms with Gasteiger partial charge in [-0.05, 0) is 31.2 Å². The van der Waals surface area contributed by atoms with Gasteiger partial charge in [-0.1, -0.05) is 18.2 Å². The molecule has 0 radical (unpaired) electrons. The molecule has 0 saturated carbocycles. The number of rotatable bonds is 5. The maximum Gasteiger partial charge on any atom is 0.256 e. The Bertz CT molecular complexity index is 1130. The molecular weight excluding hydrogens is 366 g/mol. The average Bonchev–Trinajstić information content (AvgIpc) is 2.61. The minimum absolute atomic E-state index is 0.289. The third-order valence-electron chi connectivity index (χ3n) is 3.84. The zero-order chi connectivity index (χ0) is 19.6. The third-order valence-corrected chi connectivity index (χ3v) is 4.43. The van der Waals surface area contributed by atoms with Crippen LogP contribution in [-0.4, -0.2) is 32.7 Å². The number of benzene rings is 2. The molecular formula is C19H19N3O4S. The fraction of sp³-hybridized carbons (Fsp3) is 0.158. The van der Waals surface area contributed by atoms with Crippen LogP contribution in [0.1, 0.15) is 16.1 Å². The minimum atomic E-state index is -3.44. The van der Waals surface area contributed by atoms with Crippen LogP contribution in [0.15, 0.2) is 48.5 Å². The van der Waals surface area contributed by atoms with Crippen molar-refractivity contribution in [2.75, 3.05) is 23.4 Å². The van der Waals surface area contributed by atoms with Crippen LogP contribution < -0.4 is 14.8 Å². The number of carbonyl (C=O) groups excluding carboxylic acids is 1. The summed E-state index contributed by atoms with van der Waals surface area (Å²) in [6, 6.07) is 13.8. The molecule has 0 saturated heterocycles. The molecule has 0 aliphatic carbocycles. The van der Waals surface area contributed by atoms with Gasteiger partial charge in [0.05, 0.1) is 30.1 Å². The Morgan fingerprint density at radius 1 is 1.11 bits per heavy atom. The van der Waals surface area contributed by atoms with Crippen LogP contribution in [-0.2, 0) is 10.0 Å². The van der Waals surface area contributed by atoms with Gasteiger partial charge in [-0.2, -0.15) is 0 Å². The van der Waals surface area contributed by atoms with Crippen LogP contribution >= 0.6 is 0 Å². The molecule has 8 heteroatoms. The maximum absolute atomic E-state index is 12.8. The Labute approximate surface area is 157 Å². The Balaban J connectivity index is 1.93. The lowest BCUT2D eigenvalue weighted by Gasteiger charge is -2.13. The standard InChI is InChI=1S/C19H19N3O4S/c1-12-10-15(14-6-4-5-7-16(14)20-12)19(23)21-13-8-9-17(18(11-13)26-2)22-27(3,24)25/h4-11,22H,1-3H3,(H,21,23). The molecule has 0 fully saturated rings. The first-order chi connectivity index (χ1) is 12.8. The Morgan fingerprint density at radius 2 is 1.85 bits per heavy atom. The number of sulfonamides is 1. The highest BCUT2D eigenvalue weighted by Crippen LogP contribution is 2.29. The van der Waals surface area contributed by atoms with Crippen LogP contribution in [0.2, 0.25) is 0 Å². The topological polar surface area (TPSA) is 97.4 Å². The van der Waals surface area contributed by atoms with Crippen molar-refractivity contribution >= 4 is 38.2 Å². The van der Waals surface area contributed by atoms with Gasteiger partial charge in [-0.3, -0.25) is 14.5 Å². The van der Waals surface area contributed by atoms with Gasteiger partial charge in [0.15, 0.2) is 0 Å². The van der Waals surface area contributed by atoms with Crippen molar-refractivity contribution in [3.05, 3.63) is 59.8 Å². The summed E-state index contributed by atoms with van der Waals surface area (Å²) < 4.78 is 30.5. The van der Waals surface area contributed by atoms with E-state index in [1.54, 1.807) is 18.2 Å². The number of anilines is 2. The van der Waals surface area contributed by atoms with Crippen LogP contribution in [0.3, 0.4) is 0 Å². The molecule has 0 unspecified atom stereocenters. The molecule has 140 valence electrons. The SMILES string of the molecule is COc1cc(NC(=O)c2cc(C)nc3ccccc23)ccc1NS(C)(=O)=O. The monoisotopic (exact) mass is 385 g/mol. The maximum atomic E-state index is 12.8. The highest BCUT2D eigenvalue weighted by molar-refractivity contribution is 7.92. The number of fused-ring (bicyclic) bond motifs is 1. The lowest BCUT2D eigenvalue weighted by atomic mass is 10.1. The fourth-order valence-corrected chi connectivity index (χ4v) is 3.32. The highest BCUT2D eigenvalue weighted by atomic mass is 32.2. The number of methoxy groups -OCH3 is 1. The van der Waals surface area contributed by atoms with Crippen LogP contribution in [0.4, 0.5) is 11.4 Å². The van der Waals surface area contributed by atoms with E-state index < -0.39 is 10.0 Å². The van der Waals surface area contributed by atoms with Crippen LogP contribution in [0.25, 0.3) is 10.9 Å². The molecule has 7 nitrogen and oxygen atoms in total. The first-order valence-electron chi connectivity index (χ1n) is 8.10. The smallest absolute Gasteiger partial charge is 0.256 e. The van der Waals surface area contributed by atoms with Crippen molar-refractivity contribution in [3.63, 3.8) is 0 Å². The van der Waals surface area contributed by atoms with E-state index in [0.29, 0.717) is 22.7 Å². The van der Waals surface area contributed by atoms with Gasteiger partial charge in [-0.15, -0.1) is 0 Å². The molecule has 0 bridgehead atoms. The molecule has 0 atom stereocenters. The van der Waals surface area contributed by atoms with E-state index in [4.69, 9.17) is 4.74 Å². The van der Waals surface area contributed by atoms with Gasteiger partial charge in [0, 0.05) is 22.8 Å². The van der Waals surface area contributed by atoms with E-state index in [-0.39, 0.29) is 5.91 Å². The highest BCUT2D eigenvalue weighted by Gasteiger charge is 2.14. The van der Waals surface area contributed by atoms with Gasteiger partial charge in [0.2, 0.25) is 10.0 Å². The number of hydrogen-bond donors (Lipinski definition) is 2. The van der Waals surface area contributed by atoms with Gasteiger partial charge < -0.3 is 10.1 Å². The molecule has 3 rings (SSSR count). The number of aryl methyl sites for hydroxylation is 1. The van der Waals surface area contributed by atoms with Crippen molar-refractivity contribution in [2.45, 2.75) is 6.92 Å². The van der Waals surface area contributed by atoms with Crippen LogP contribution in [0.5, 0.6) is 5.75 Å². The van der Waals surface area contributed by atoms with Gasteiger partial charge >= 0.3 is 0 Å². The number of ether oxygens (including phenoxy) is 1. The molecule has 1 heterocycles. The summed E-state index contributed by atoms with van der Waals surface area (Å²) in [5, 5.41) is 3.57. The van der Waals surface area contributed by atoms with Crippen molar-refractivity contribution in [1.29, 1.82) is 0 Å². The molecule has 1 aromatic heterocycles. The van der Waals surface area contributed by atoms with Crippen molar-refractivity contribution in [3.8, 4) is 5.75 Å². The van der Waals surface area contributed by atoms with Crippen LogP contribution in [0, 0.1) is 6.92 Å². The van der Waals surface area contributed by atoms with Gasteiger partial charge in [-0.25, -0.2) is 8.42 Å². The first kappa shape index (κ1) is 18.7. The molecule has 1 amide bonds. The lowest BCUT2D eigenvalue weighted by molar-refractivity contribution is 0.102. The van der Waals surface area contributed by atoms with E-state index in [2.05, 4.69) is 15.0 Å². The summed E-state index contributed by atoms with van der Waals surface area (Å²) in [5.41, 5.74) is 2.77. The van der Waals surface area contributed by atoms with Gasteiger partial charge in [0.1, 0.15) is 5.75 Å². The van der Waals surface area contributed by atoms with Crippen molar-refractivity contribution in [2.24, 2.45) is 0 Å². The minimum Gasteiger partial charge on any atom is -0.494 e. The normalized spacial score (nSPS) is 11.2. The summed E-state index contributed by atoms with van der Waals surface area (Å²) in [6.07, 6.45) is 1.05. The first-order valence-corrected chi connectivity index (χ1v) is 9.99. The van der Waals surface area contributed by atoms with E-state index in [9.17, 15) is 13.2 Å². The summed E-state index contributed by atoms with van der Waals surface area (Å²) in [4.78, 5) is 17.2. The number of pyridine rings is 1. The van der Waals surface area contributed by atoms with Crippen molar-refractivity contribution < 1.29 is 17.9 Å². The number of aromatic nitrogens is 1. The number of hydrogen-bond acceptors (Lipinski definition) is 5. The predicted molar refractivity (Wildman–Crippen MR) is 106 cm³/mol. The Kier molecular flexibility index (Phi) is 5.00. The largest absolute Gasteiger partial charge is 0.494 e. The van der Waals surface area contributed by atoms with E-state index in [1.807, 2.05) is 31.2 Å². The summed E-state index contributed by atoms with van der Waals surface area (Å²) in [6.45, 7) is 1.83. The molecule has 3 aromatic rings. The van der Waals surface area contributed by atoms with E-state index in [1.165, 1.54) is 13.2 Å². The van der Waals surface area contributed by atoms with E-state index >= 15 is 0 Å². The third kappa shape index (κ3) is 4.35. The fourth-order valence-electron chi connectivity index (χ4n) is 2.75. The second-order valence-corrected chi connectivity index (χ2v) is 7.82. The average molecular weight is 385 g/mol. The molecule has 0 spiro atoms. The lowest BCUT2D eigenvalue weighted by Crippen LogP contribution is -2.14. The number of carbonyl (C=O) groups is 1. The van der Waals surface area contributed by atoms with E-state index in [0.717, 1.165) is 22.9 Å². The molecule has 27 heavy (non-hydrogen) atoms. The Hall–Kier alpha value is -3.13. The number of para-hydroxylation sites is 1. The van der Waals surface area contributed by atoms with Crippen molar-refractivity contribution in [1.82, 2.24) is 4.98 Å². The quantitative estimate of drug-likeness (QED) is 0.703. The molecule has 0 aliphatic rings.